The number of aromatic nitrogens is 2. The molecule has 0 saturated heterocycles. The van der Waals surface area contributed by atoms with Crippen molar-refractivity contribution in [2.75, 3.05) is 13.2 Å². The summed E-state index contributed by atoms with van der Waals surface area (Å²) in [5.41, 5.74) is 7.84. The van der Waals surface area contributed by atoms with E-state index in [0.29, 0.717) is 13.2 Å². The molecule has 0 bridgehead atoms. The molecule has 1 heterocycles. The molecule has 0 aliphatic carbocycles. The molecule has 1 aromatic rings. The van der Waals surface area contributed by atoms with Crippen molar-refractivity contribution in [3.8, 4) is 5.75 Å². The molecule has 4 heteroatoms. The van der Waals surface area contributed by atoms with E-state index in [1.807, 2.05) is 25.6 Å². The lowest BCUT2D eigenvalue weighted by molar-refractivity contribution is 0.231. The first-order valence-electron chi connectivity index (χ1n) is 5.70. The first kappa shape index (κ1) is 13.0. The van der Waals surface area contributed by atoms with E-state index >= 15 is 0 Å². The third kappa shape index (κ3) is 2.98. The highest BCUT2D eigenvalue weighted by Crippen LogP contribution is 2.23. The third-order valence-electron chi connectivity index (χ3n) is 3.02. The minimum atomic E-state index is 0.143. The van der Waals surface area contributed by atoms with Crippen LogP contribution < -0.4 is 10.5 Å². The van der Waals surface area contributed by atoms with Gasteiger partial charge in [0.2, 0.25) is 0 Å². The standard InChI is InChI=1S/C12H23N3O/c1-9-11(10(2)15(5)14-9)16-7-6-12(3,4)8-13/h6-8,13H2,1-5H3. The molecule has 0 aliphatic heterocycles. The SMILES string of the molecule is Cc1nn(C)c(C)c1OCCC(C)(C)CN. The Bertz CT molecular complexity index is 355. The van der Waals surface area contributed by atoms with Crippen molar-refractivity contribution in [3.63, 3.8) is 0 Å². The summed E-state index contributed by atoms with van der Waals surface area (Å²) in [4.78, 5) is 0. The van der Waals surface area contributed by atoms with Crippen molar-refractivity contribution < 1.29 is 4.74 Å². The molecule has 1 aromatic heterocycles. The normalized spacial score (nSPS) is 11.9. The van der Waals surface area contributed by atoms with Crippen LogP contribution in [-0.2, 0) is 7.05 Å². The maximum atomic E-state index is 5.79. The number of nitrogens with two attached hydrogens (primary N) is 1. The quantitative estimate of drug-likeness (QED) is 0.831. The summed E-state index contributed by atoms with van der Waals surface area (Å²) in [6.07, 6.45) is 0.956. The van der Waals surface area contributed by atoms with Gasteiger partial charge in [0, 0.05) is 7.05 Å². The van der Waals surface area contributed by atoms with E-state index in [9.17, 15) is 0 Å². The zero-order chi connectivity index (χ0) is 12.3. The Morgan fingerprint density at radius 3 is 2.44 bits per heavy atom. The Morgan fingerprint density at radius 2 is 2.00 bits per heavy atom. The molecule has 0 atom stereocenters. The van der Waals surface area contributed by atoms with Crippen molar-refractivity contribution in [2.45, 2.75) is 34.1 Å². The fourth-order valence-electron chi connectivity index (χ4n) is 1.49. The molecule has 16 heavy (non-hydrogen) atoms. The fourth-order valence-corrected chi connectivity index (χ4v) is 1.49. The van der Waals surface area contributed by atoms with E-state index in [0.717, 1.165) is 23.6 Å². The minimum absolute atomic E-state index is 0.143. The number of ether oxygens (including phenoxy) is 1. The summed E-state index contributed by atoms with van der Waals surface area (Å²) < 4.78 is 7.63. The summed E-state index contributed by atoms with van der Waals surface area (Å²) in [6.45, 7) is 9.66. The Hall–Kier alpha value is -1.03. The monoisotopic (exact) mass is 225 g/mol. The average molecular weight is 225 g/mol. The van der Waals surface area contributed by atoms with Crippen LogP contribution in [0.15, 0.2) is 0 Å². The lowest BCUT2D eigenvalue weighted by Gasteiger charge is -2.22. The largest absolute Gasteiger partial charge is 0.490 e. The second-order valence-electron chi connectivity index (χ2n) is 5.09. The smallest absolute Gasteiger partial charge is 0.162 e. The maximum Gasteiger partial charge on any atom is 0.162 e. The summed E-state index contributed by atoms with van der Waals surface area (Å²) in [7, 11) is 1.93. The van der Waals surface area contributed by atoms with Gasteiger partial charge in [0.15, 0.2) is 5.75 Å². The van der Waals surface area contributed by atoms with Crippen molar-refractivity contribution in [1.29, 1.82) is 0 Å². The molecule has 0 aliphatic rings. The van der Waals surface area contributed by atoms with Gasteiger partial charge >= 0.3 is 0 Å². The van der Waals surface area contributed by atoms with Crippen LogP contribution in [0.5, 0.6) is 5.75 Å². The highest BCUT2D eigenvalue weighted by atomic mass is 16.5. The van der Waals surface area contributed by atoms with Gasteiger partial charge in [0.25, 0.3) is 0 Å². The van der Waals surface area contributed by atoms with E-state index in [1.54, 1.807) is 0 Å². The maximum absolute atomic E-state index is 5.79. The molecule has 0 saturated carbocycles. The van der Waals surface area contributed by atoms with Crippen LogP contribution in [0.25, 0.3) is 0 Å². The van der Waals surface area contributed by atoms with Crippen LogP contribution in [0, 0.1) is 19.3 Å². The Kier molecular flexibility index (Phi) is 3.97. The van der Waals surface area contributed by atoms with Crippen LogP contribution in [-0.4, -0.2) is 22.9 Å². The number of aryl methyl sites for hydroxylation is 2. The number of nitrogens with zero attached hydrogens (tertiary/aromatic N) is 2. The molecule has 4 nitrogen and oxygen atoms in total. The van der Waals surface area contributed by atoms with Gasteiger partial charge in [0.1, 0.15) is 5.69 Å². The van der Waals surface area contributed by atoms with Gasteiger partial charge in [-0.3, -0.25) is 4.68 Å². The van der Waals surface area contributed by atoms with Gasteiger partial charge in [-0.2, -0.15) is 5.10 Å². The van der Waals surface area contributed by atoms with Gasteiger partial charge in [-0.05, 0) is 32.2 Å². The van der Waals surface area contributed by atoms with Gasteiger partial charge in [-0.25, -0.2) is 0 Å². The lowest BCUT2D eigenvalue weighted by atomic mass is 9.90. The molecule has 0 fully saturated rings. The lowest BCUT2D eigenvalue weighted by Crippen LogP contribution is -2.25. The molecule has 0 radical (unpaired) electrons. The van der Waals surface area contributed by atoms with Crippen molar-refractivity contribution >= 4 is 0 Å². The van der Waals surface area contributed by atoms with E-state index in [-0.39, 0.29) is 5.41 Å². The van der Waals surface area contributed by atoms with Crippen LogP contribution >= 0.6 is 0 Å². The summed E-state index contributed by atoms with van der Waals surface area (Å²) in [5, 5.41) is 4.31. The highest BCUT2D eigenvalue weighted by molar-refractivity contribution is 5.31. The number of hydrogen-bond donors (Lipinski definition) is 1. The minimum Gasteiger partial charge on any atom is -0.490 e. The van der Waals surface area contributed by atoms with Crippen molar-refractivity contribution in [2.24, 2.45) is 18.2 Å². The van der Waals surface area contributed by atoms with Crippen LogP contribution in [0.4, 0.5) is 0 Å². The summed E-state index contributed by atoms with van der Waals surface area (Å²) >= 11 is 0. The zero-order valence-electron chi connectivity index (χ0n) is 11.0. The molecule has 92 valence electrons. The fraction of sp³-hybridized carbons (Fsp3) is 0.750. The molecular formula is C12H23N3O. The van der Waals surface area contributed by atoms with Gasteiger partial charge in [-0.1, -0.05) is 13.8 Å². The summed E-state index contributed by atoms with van der Waals surface area (Å²) in [5.74, 6) is 0.912. The van der Waals surface area contributed by atoms with E-state index in [4.69, 9.17) is 10.5 Å². The Labute approximate surface area is 97.8 Å². The van der Waals surface area contributed by atoms with Crippen molar-refractivity contribution in [3.05, 3.63) is 11.4 Å². The average Bonchev–Trinajstić information content (AvgIpc) is 2.44. The second kappa shape index (κ2) is 4.87. The molecular weight excluding hydrogens is 202 g/mol. The molecule has 0 aromatic carbocycles. The molecule has 1 rings (SSSR count). The van der Waals surface area contributed by atoms with Crippen molar-refractivity contribution in [1.82, 2.24) is 9.78 Å². The van der Waals surface area contributed by atoms with Crippen LogP contribution in [0.1, 0.15) is 31.7 Å². The van der Waals surface area contributed by atoms with Gasteiger partial charge in [-0.15, -0.1) is 0 Å². The molecule has 0 spiro atoms. The first-order chi connectivity index (χ1) is 7.37. The highest BCUT2D eigenvalue weighted by Gasteiger charge is 2.17. The first-order valence-corrected chi connectivity index (χ1v) is 5.70. The Balaban J connectivity index is 2.55. The Morgan fingerprint density at radius 1 is 1.38 bits per heavy atom. The third-order valence-corrected chi connectivity index (χ3v) is 3.02. The van der Waals surface area contributed by atoms with E-state index in [2.05, 4.69) is 18.9 Å². The topological polar surface area (TPSA) is 53.1 Å². The van der Waals surface area contributed by atoms with Crippen LogP contribution in [0.3, 0.4) is 0 Å². The number of rotatable bonds is 5. The van der Waals surface area contributed by atoms with Crippen LogP contribution in [0.2, 0.25) is 0 Å². The zero-order valence-corrected chi connectivity index (χ0v) is 11.0. The summed E-state index contributed by atoms with van der Waals surface area (Å²) in [6, 6.07) is 0. The molecule has 2 N–H and O–H groups in total. The predicted molar refractivity (Wildman–Crippen MR) is 65.6 cm³/mol. The second-order valence-corrected chi connectivity index (χ2v) is 5.09. The molecule has 0 unspecified atom stereocenters. The van der Waals surface area contributed by atoms with Gasteiger partial charge < -0.3 is 10.5 Å². The number of hydrogen-bond acceptors (Lipinski definition) is 3. The van der Waals surface area contributed by atoms with E-state index < -0.39 is 0 Å². The van der Waals surface area contributed by atoms with E-state index in [1.165, 1.54) is 0 Å². The van der Waals surface area contributed by atoms with Gasteiger partial charge in [0.05, 0.1) is 12.3 Å². The molecule has 0 amide bonds. The predicted octanol–water partition coefficient (Wildman–Crippen LogP) is 1.79.